The van der Waals surface area contributed by atoms with Crippen LogP contribution in [-0.4, -0.2) is 16.3 Å². The largest absolute Gasteiger partial charge is 0.508 e. The molecule has 0 saturated heterocycles. The molecule has 0 aromatic heterocycles. The van der Waals surface area contributed by atoms with Crippen LogP contribution in [0.2, 0.25) is 0 Å². The molecule has 0 saturated carbocycles. The summed E-state index contributed by atoms with van der Waals surface area (Å²) in [5.74, 6) is -0.0969. The second-order valence-corrected chi connectivity index (χ2v) is 2.22. The van der Waals surface area contributed by atoms with Crippen molar-refractivity contribution in [1.29, 1.82) is 0 Å². The van der Waals surface area contributed by atoms with Crippen molar-refractivity contribution >= 4 is 6.08 Å². The smallest absolute Gasteiger partial charge is 0.235 e. The highest BCUT2D eigenvalue weighted by Crippen LogP contribution is 2.22. The molecule has 4 nitrogen and oxygen atoms in total. The Balaban J connectivity index is 2.93. The van der Waals surface area contributed by atoms with Crippen LogP contribution in [0.25, 0.3) is 0 Å². The van der Waals surface area contributed by atoms with E-state index in [4.69, 9.17) is 10.2 Å². The zero-order chi connectivity index (χ0) is 8.97. The van der Waals surface area contributed by atoms with Gasteiger partial charge in [-0.1, -0.05) is 0 Å². The quantitative estimate of drug-likeness (QED) is 0.506. The monoisotopic (exact) mass is 165 g/mol. The zero-order valence-corrected chi connectivity index (χ0v) is 6.19. The SMILES string of the molecule is O=C=NCc1ccc(O)cc1O. The molecule has 12 heavy (non-hydrogen) atoms. The van der Waals surface area contributed by atoms with Crippen molar-refractivity contribution in [3.05, 3.63) is 23.8 Å². The van der Waals surface area contributed by atoms with Crippen LogP contribution in [0, 0.1) is 0 Å². The Morgan fingerprint density at radius 1 is 1.42 bits per heavy atom. The lowest BCUT2D eigenvalue weighted by molar-refractivity contribution is 0.446. The second-order valence-electron chi connectivity index (χ2n) is 2.22. The molecule has 0 unspecified atom stereocenters. The van der Waals surface area contributed by atoms with Crippen molar-refractivity contribution in [1.82, 2.24) is 0 Å². The lowest BCUT2D eigenvalue weighted by Crippen LogP contribution is -1.81. The summed E-state index contributed by atoms with van der Waals surface area (Å²) in [7, 11) is 0. The van der Waals surface area contributed by atoms with Crippen molar-refractivity contribution in [3.63, 3.8) is 0 Å². The highest BCUT2D eigenvalue weighted by molar-refractivity contribution is 5.40. The van der Waals surface area contributed by atoms with Crippen LogP contribution in [-0.2, 0) is 11.3 Å². The van der Waals surface area contributed by atoms with E-state index in [9.17, 15) is 4.79 Å². The summed E-state index contributed by atoms with van der Waals surface area (Å²) in [6.07, 6.45) is 1.36. The summed E-state index contributed by atoms with van der Waals surface area (Å²) in [6.45, 7) is 0.0790. The Morgan fingerprint density at radius 2 is 2.17 bits per heavy atom. The van der Waals surface area contributed by atoms with E-state index in [2.05, 4.69) is 4.99 Å². The minimum Gasteiger partial charge on any atom is -0.508 e. The molecular weight excluding hydrogens is 158 g/mol. The normalized spacial score (nSPS) is 9.00. The topological polar surface area (TPSA) is 69.9 Å². The molecule has 1 aromatic rings. The summed E-state index contributed by atoms with van der Waals surface area (Å²) in [6, 6.07) is 4.09. The number of phenols is 2. The van der Waals surface area contributed by atoms with E-state index in [0.29, 0.717) is 5.56 Å². The average molecular weight is 165 g/mol. The fourth-order valence-electron chi connectivity index (χ4n) is 0.803. The zero-order valence-electron chi connectivity index (χ0n) is 6.19. The number of hydrogen-bond donors (Lipinski definition) is 2. The van der Waals surface area contributed by atoms with Gasteiger partial charge in [0.05, 0.1) is 6.54 Å². The third-order valence-corrected chi connectivity index (χ3v) is 1.38. The Labute approximate surface area is 68.8 Å². The summed E-state index contributed by atoms with van der Waals surface area (Å²) >= 11 is 0. The maximum atomic E-state index is 9.73. The highest BCUT2D eigenvalue weighted by Gasteiger charge is 1.99. The molecule has 0 atom stereocenters. The summed E-state index contributed by atoms with van der Waals surface area (Å²) in [5, 5.41) is 18.1. The minimum absolute atomic E-state index is 0.0219. The van der Waals surface area contributed by atoms with Crippen molar-refractivity contribution in [2.45, 2.75) is 6.54 Å². The fraction of sp³-hybridized carbons (Fsp3) is 0.125. The van der Waals surface area contributed by atoms with Gasteiger partial charge in [-0.05, 0) is 12.1 Å². The predicted molar refractivity (Wildman–Crippen MR) is 41.6 cm³/mol. The number of hydrogen-bond acceptors (Lipinski definition) is 4. The molecule has 62 valence electrons. The molecule has 2 N–H and O–H groups in total. The van der Waals surface area contributed by atoms with Gasteiger partial charge in [-0.25, -0.2) is 9.79 Å². The van der Waals surface area contributed by atoms with Crippen molar-refractivity contribution in [2.24, 2.45) is 4.99 Å². The predicted octanol–water partition coefficient (Wildman–Crippen LogP) is 0.934. The van der Waals surface area contributed by atoms with E-state index < -0.39 is 0 Å². The number of carbonyl (C=O) groups excluding carboxylic acids is 1. The van der Waals surface area contributed by atoms with Gasteiger partial charge in [0, 0.05) is 11.6 Å². The number of aromatic hydroxyl groups is 2. The summed E-state index contributed by atoms with van der Waals surface area (Å²) < 4.78 is 0. The van der Waals surface area contributed by atoms with Gasteiger partial charge in [-0.3, -0.25) is 0 Å². The molecule has 1 rings (SSSR count). The Bertz CT molecular complexity index is 329. The molecule has 0 aliphatic carbocycles. The first-order chi connectivity index (χ1) is 5.74. The van der Waals surface area contributed by atoms with Gasteiger partial charge in [0.1, 0.15) is 11.5 Å². The van der Waals surface area contributed by atoms with E-state index in [0.717, 1.165) is 0 Å². The van der Waals surface area contributed by atoms with E-state index in [-0.39, 0.29) is 18.0 Å². The van der Waals surface area contributed by atoms with Gasteiger partial charge in [0.15, 0.2) is 0 Å². The van der Waals surface area contributed by atoms with Crippen LogP contribution in [0.1, 0.15) is 5.56 Å². The fourth-order valence-corrected chi connectivity index (χ4v) is 0.803. The van der Waals surface area contributed by atoms with Crippen LogP contribution in [0.3, 0.4) is 0 Å². The minimum atomic E-state index is -0.0750. The maximum Gasteiger partial charge on any atom is 0.235 e. The van der Waals surface area contributed by atoms with Gasteiger partial charge in [0.25, 0.3) is 0 Å². The third kappa shape index (κ3) is 1.84. The molecule has 0 fully saturated rings. The lowest BCUT2D eigenvalue weighted by Gasteiger charge is -1.99. The molecule has 0 aliphatic heterocycles. The third-order valence-electron chi connectivity index (χ3n) is 1.38. The van der Waals surface area contributed by atoms with Gasteiger partial charge < -0.3 is 10.2 Å². The average Bonchev–Trinajstić information content (AvgIpc) is 2.03. The van der Waals surface area contributed by atoms with Crippen molar-refractivity contribution < 1.29 is 15.0 Å². The van der Waals surface area contributed by atoms with Crippen LogP contribution < -0.4 is 0 Å². The summed E-state index contributed by atoms with van der Waals surface area (Å²) in [5.41, 5.74) is 0.483. The molecule has 4 heteroatoms. The number of nitrogens with zero attached hydrogens (tertiary/aromatic N) is 1. The summed E-state index contributed by atoms with van der Waals surface area (Å²) in [4.78, 5) is 13.0. The number of rotatable bonds is 2. The standard InChI is InChI=1S/C8H7NO3/c10-5-9-4-6-1-2-7(11)3-8(6)12/h1-3,11-12H,4H2. The number of aliphatic imine (C=N–C) groups is 1. The Kier molecular flexibility index (Phi) is 2.46. The molecule has 0 radical (unpaired) electrons. The number of phenolic OH excluding ortho intramolecular Hbond substituents is 2. The van der Waals surface area contributed by atoms with Crippen LogP contribution >= 0.6 is 0 Å². The van der Waals surface area contributed by atoms with E-state index in [1.165, 1.54) is 24.3 Å². The van der Waals surface area contributed by atoms with Crippen molar-refractivity contribution in [3.8, 4) is 11.5 Å². The molecule has 0 amide bonds. The maximum absolute atomic E-state index is 9.73. The second kappa shape index (κ2) is 3.55. The Hall–Kier alpha value is -1.80. The van der Waals surface area contributed by atoms with Crippen molar-refractivity contribution in [2.75, 3.05) is 0 Å². The van der Waals surface area contributed by atoms with Gasteiger partial charge in [0.2, 0.25) is 6.08 Å². The highest BCUT2D eigenvalue weighted by atomic mass is 16.3. The Morgan fingerprint density at radius 3 is 2.75 bits per heavy atom. The van der Waals surface area contributed by atoms with Crippen LogP contribution in [0.15, 0.2) is 23.2 Å². The molecule has 0 bridgehead atoms. The molecular formula is C8H7NO3. The van der Waals surface area contributed by atoms with E-state index >= 15 is 0 Å². The van der Waals surface area contributed by atoms with E-state index in [1.54, 1.807) is 0 Å². The van der Waals surface area contributed by atoms with Gasteiger partial charge in [-0.2, -0.15) is 0 Å². The number of isocyanates is 1. The lowest BCUT2D eigenvalue weighted by atomic mass is 10.2. The van der Waals surface area contributed by atoms with Gasteiger partial charge >= 0.3 is 0 Å². The van der Waals surface area contributed by atoms with E-state index in [1.807, 2.05) is 0 Å². The number of benzene rings is 1. The first kappa shape index (κ1) is 8.30. The van der Waals surface area contributed by atoms with Crippen LogP contribution in [0.5, 0.6) is 11.5 Å². The molecule has 0 spiro atoms. The first-order valence-corrected chi connectivity index (χ1v) is 3.28. The molecule has 0 heterocycles. The molecule has 0 aliphatic rings. The first-order valence-electron chi connectivity index (χ1n) is 3.28. The van der Waals surface area contributed by atoms with Gasteiger partial charge in [-0.15, -0.1) is 0 Å². The molecule has 1 aromatic carbocycles. The van der Waals surface area contributed by atoms with Crippen LogP contribution in [0.4, 0.5) is 0 Å².